The number of hydrogen-bond acceptors (Lipinski definition) is 5. The zero-order valence-corrected chi connectivity index (χ0v) is 25.2. The fourth-order valence-electron chi connectivity index (χ4n) is 5.52. The van der Waals surface area contributed by atoms with Gasteiger partial charge in [0.1, 0.15) is 0 Å². The summed E-state index contributed by atoms with van der Waals surface area (Å²) < 4.78 is 0. The summed E-state index contributed by atoms with van der Waals surface area (Å²) in [5, 5.41) is 19.4. The summed E-state index contributed by atoms with van der Waals surface area (Å²) >= 11 is 0. The van der Waals surface area contributed by atoms with Crippen LogP contribution in [-0.2, 0) is 12.8 Å². The van der Waals surface area contributed by atoms with Crippen molar-refractivity contribution in [2.75, 3.05) is 10.6 Å². The number of aromatic nitrogens is 1. The maximum Gasteiger partial charge on any atom is 0.270 e. The van der Waals surface area contributed by atoms with Crippen LogP contribution in [0, 0.1) is 24.0 Å². The summed E-state index contributed by atoms with van der Waals surface area (Å²) in [7, 11) is 0. The highest BCUT2D eigenvalue weighted by atomic mass is 16.6. The van der Waals surface area contributed by atoms with Gasteiger partial charge in [-0.1, -0.05) is 84.9 Å². The van der Waals surface area contributed by atoms with Gasteiger partial charge in [-0.3, -0.25) is 15.1 Å². The van der Waals surface area contributed by atoms with E-state index in [0.29, 0.717) is 12.8 Å². The molecule has 4 aromatic carbocycles. The van der Waals surface area contributed by atoms with Crippen molar-refractivity contribution in [3.63, 3.8) is 0 Å². The Morgan fingerprint density at radius 2 is 1.09 bits per heavy atom. The average Bonchev–Trinajstić information content (AvgIpc) is 3.01. The first-order valence-electron chi connectivity index (χ1n) is 14.7. The highest BCUT2D eigenvalue weighted by Gasteiger charge is 2.20. The molecule has 2 atom stereocenters. The van der Waals surface area contributed by atoms with Crippen molar-refractivity contribution in [2.45, 2.75) is 52.6 Å². The normalized spacial score (nSPS) is 12.4. The first kappa shape index (κ1) is 29.5. The molecule has 0 aliphatic carbocycles. The van der Waals surface area contributed by atoms with Crippen LogP contribution in [-0.4, -0.2) is 9.91 Å². The van der Waals surface area contributed by atoms with E-state index in [0.717, 1.165) is 45.0 Å². The van der Waals surface area contributed by atoms with Crippen LogP contribution in [0.5, 0.6) is 0 Å². The van der Waals surface area contributed by atoms with E-state index in [4.69, 9.17) is 4.98 Å². The van der Waals surface area contributed by atoms with Crippen molar-refractivity contribution < 1.29 is 4.92 Å². The Labute approximate surface area is 254 Å². The van der Waals surface area contributed by atoms with Crippen molar-refractivity contribution in [3.05, 3.63) is 164 Å². The Balaban J connectivity index is 1.49. The van der Waals surface area contributed by atoms with Gasteiger partial charge < -0.3 is 10.6 Å². The summed E-state index contributed by atoms with van der Waals surface area (Å²) in [5.41, 5.74) is 10.4. The van der Waals surface area contributed by atoms with Crippen molar-refractivity contribution in [2.24, 2.45) is 0 Å². The van der Waals surface area contributed by atoms with E-state index in [1.165, 1.54) is 11.1 Å². The lowest BCUT2D eigenvalue weighted by molar-refractivity contribution is -0.385. The van der Waals surface area contributed by atoms with Crippen molar-refractivity contribution in [1.82, 2.24) is 4.98 Å². The van der Waals surface area contributed by atoms with Crippen LogP contribution in [0.4, 0.5) is 17.1 Å². The van der Waals surface area contributed by atoms with Crippen LogP contribution in [0.1, 0.15) is 70.7 Å². The number of para-hydroxylation sites is 1. The first-order chi connectivity index (χ1) is 20.8. The zero-order valence-electron chi connectivity index (χ0n) is 25.2. The van der Waals surface area contributed by atoms with Crippen molar-refractivity contribution >= 4 is 17.1 Å². The van der Waals surface area contributed by atoms with E-state index in [2.05, 4.69) is 86.9 Å². The molecule has 2 unspecified atom stereocenters. The molecule has 1 aromatic heterocycles. The molecule has 43 heavy (non-hydrogen) atoms. The van der Waals surface area contributed by atoms with Gasteiger partial charge in [0.05, 0.1) is 28.4 Å². The van der Waals surface area contributed by atoms with E-state index in [1.807, 2.05) is 48.5 Å². The van der Waals surface area contributed by atoms with Gasteiger partial charge in [0.15, 0.2) is 0 Å². The topological polar surface area (TPSA) is 80.1 Å². The number of rotatable bonds is 11. The molecule has 2 N–H and O–H groups in total. The van der Waals surface area contributed by atoms with E-state index in [-0.39, 0.29) is 22.7 Å². The fourth-order valence-corrected chi connectivity index (χ4v) is 5.52. The molecule has 5 rings (SSSR count). The third kappa shape index (κ3) is 7.28. The van der Waals surface area contributed by atoms with E-state index in [1.54, 1.807) is 12.1 Å². The van der Waals surface area contributed by atoms with Crippen molar-refractivity contribution in [1.29, 1.82) is 0 Å². The number of pyridine rings is 1. The zero-order chi connectivity index (χ0) is 30.3. The van der Waals surface area contributed by atoms with Crippen LogP contribution < -0.4 is 10.6 Å². The monoisotopic (exact) mass is 570 g/mol. The predicted molar refractivity (Wildman–Crippen MR) is 176 cm³/mol. The second-order valence-corrected chi connectivity index (χ2v) is 11.2. The number of nitro benzene ring substituents is 1. The summed E-state index contributed by atoms with van der Waals surface area (Å²) in [4.78, 5) is 16.8. The molecular weight excluding hydrogens is 532 g/mol. The molecule has 0 bridgehead atoms. The Hall–Kier alpha value is -4.97. The molecule has 218 valence electrons. The molecule has 0 spiro atoms. The second-order valence-electron chi connectivity index (χ2n) is 11.2. The van der Waals surface area contributed by atoms with Crippen LogP contribution in [0.15, 0.2) is 109 Å². The van der Waals surface area contributed by atoms with Gasteiger partial charge in [0.25, 0.3) is 5.69 Å². The molecule has 0 aliphatic heterocycles. The smallest absolute Gasteiger partial charge is 0.270 e. The molecule has 5 aromatic rings. The lowest BCUT2D eigenvalue weighted by atomic mass is 9.94. The molecule has 1 heterocycles. The highest BCUT2D eigenvalue weighted by molar-refractivity contribution is 5.65. The number of anilines is 2. The Morgan fingerprint density at radius 3 is 1.56 bits per heavy atom. The maximum absolute atomic E-state index is 12.0. The number of aryl methyl sites for hydroxylation is 2. The molecule has 6 nitrogen and oxygen atoms in total. The Morgan fingerprint density at radius 1 is 0.651 bits per heavy atom. The number of nitrogens with zero attached hydrogens (tertiary/aromatic N) is 2. The van der Waals surface area contributed by atoms with Gasteiger partial charge >= 0.3 is 0 Å². The molecule has 0 aliphatic rings. The number of nitrogens with one attached hydrogen (secondary N) is 2. The Kier molecular flexibility index (Phi) is 9.16. The molecule has 0 amide bonds. The molecule has 0 saturated carbocycles. The number of nitro groups is 1. The summed E-state index contributed by atoms with van der Waals surface area (Å²) in [6.45, 7) is 8.45. The maximum atomic E-state index is 12.0. The molecule has 0 fully saturated rings. The summed E-state index contributed by atoms with van der Waals surface area (Å²) in [5.74, 6) is 0. The van der Waals surface area contributed by atoms with Gasteiger partial charge in [-0.25, -0.2) is 0 Å². The van der Waals surface area contributed by atoms with Gasteiger partial charge in [0, 0.05) is 23.5 Å². The first-order valence-corrected chi connectivity index (χ1v) is 14.7. The standard InChI is InChI=1S/C37H38N4O2/c1-25-13-11-14-26(2)36(25)38-27(3)34-19-12-20-35(40-34)28(4)39-37-31(21-29-15-7-5-8-16-29)23-33(41(42)43)24-32(37)22-30-17-9-6-10-18-30/h5-20,23-24,27-28,38-39H,21-22H2,1-4H3. The average molecular weight is 571 g/mol. The van der Waals surface area contributed by atoms with E-state index >= 15 is 0 Å². The second kappa shape index (κ2) is 13.3. The fraction of sp³-hybridized carbons (Fsp3) is 0.216. The van der Waals surface area contributed by atoms with Crippen LogP contribution in [0.3, 0.4) is 0 Å². The van der Waals surface area contributed by atoms with E-state index in [9.17, 15) is 10.1 Å². The van der Waals surface area contributed by atoms with Gasteiger partial charge in [-0.2, -0.15) is 0 Å². The van der Waals surface area contributed by atoms with E-state index < -0.39 is 0 Å². The SMILES string of the molecule is Cc1cccc(C)c1NC(C)c1cccc(C(C)Nc2c(Cc3ccccc3)cc([N+](=O)[O-])cc2Cc2ccccc2)n1. The minimum absolute atomic E-state index is 0.00797. The van der Waals surface area contributed by atoms with Crippen LogP contribution in [0.25, 0.3) is 0 Å². The van der Waals surface area contributed by atoms with Gasteiger partial charge in [0.2, 0.25) is 0 Å². The molecular formula is C37H38N4O2. The highest BCUT2D eigenvalue weighted by Crippen LogP contribution is 2.34. The largest absolute Gasteiger partial charge is 0.377 e. The summed E-state index contributed by atoms with van der Waals surface area (Å²) in [6, 6.07) is 35.9. The molecule has 6 heteroatoms. The molecule has 0 saturated heterocycles. The van der Waals surface area contributed by atoms with Gasteiger partial charge in [-0.15, -0.1) is 0 Å². The lowest BCUT2D eigenvalue weighted by Gasteiger charge is -2.23. The van der Waals surface area contributed by atoms with Crippen molar-refractivity contribution in [3.8, 4) is 0 Å². The quantitative estimate of drug-likeness (QED) is 0.122. The number of non-ortho nitro benzene ring substituents is 1. The Bertz CT molecular complexity index is 1620. The number of benzene rings is 4. The summed E-state index contributed by atoms with van der Waals surface area (Å²) in [6.07, 6.45) is 1.15. The van der Waals surface area contributed by atoms with Gasteiger partial charge in [-0.05, 0) is 86.1 Å². The minimum atomic E-state index is -0.300. The third-order valence-corrected chi connectivity index (χ3v) is 7.85. The third-order valence-electron chi connectivity index (χ3n) is 7.85. The van der Waals surface area contributed by atoms with Crippen LogP contribution in [0.2, 0.25) is 0 Å². The van der Waals surface area contributed by atoms with Crippen LogP contribution >= 0.6 is 0 Å². The molecule has 0 radical (unpaired) electrons. The number of hydrogen-bond donors (Lipinski definition) is 2. The predicted octanol–water partition coefficient (Wildman–Crippen LogP) is 9.13. The minimum Gasteiger partial charge on any atom is -0.377 e. The lowest BCUT2D eigenvalue weighted by Crippen LogP contribution is -2.16.